The third-order valence-corrected chi connectivity index (χ3v) is 3.58. The third kappa shape index (κ3) is 1.83. The molecule has 0 aromatic heterocycles. The molecule has 92 valence electrons. The fourth-order valence-electron chi connectivity index (χ4n) is 2.76. The van der Waals surface area contributed by atoms with Crippen molar-refractivity contribution >= 4 is 17.5 Å². The van der Waals surface area contributed by atoms with E-state index in [0.717, 1.165) is 24.1 Å². The predicted octanol–water partition coefficient (Wildman–Crippen LogP) is 2.26. The van der Waals surface area contributed by atoms with Crippen LogP contribution in [-0.2, 0) is 4.79 Å². The van der Waals surface area contributed by atoms with Crippen LogP contribution in [0.2, 0.25) is 0 Å². The quantitative estimate of drug-likeness (QED) is 0.821. The van der Waals surface area contributed by atoms with Crippen molar-refractivity contribution in [3.8, 4) is 0 Å². The van der Waals surface area contributed by atoms with E-state index in [0.29, 0.717) is 6.42 Å². The van der Waals surface area contributed by atoms with Crippen molar-refractivity contribution in [2.45, 2.75) is 25.3 Å². The molecule has 1 aromatic carbocycles. The van der Waals surface area contributed by atoms with Crippen LogP contribution in [0.4, 0.5) is 4.79 Å². The average Bonchev–Trinajstić information content (AvgIpc) is 2.39. The minimum atomic E-state index is -0.329. The van der Waals surface area contributed by atoms with Gasteiger partial charge in [-0.2, -0.15) is 0 Å². The molecule has 1 fully saturated rings. The molecule has 1 N–H and O–H groups in total. The van der Waals surface area contributed by atoms with Gasteiger partial charge in [0.05, 0.1) is 12.0 Å². The Morgan fingerprint density at radius 3 is 2.67 bits per heavy atom. The van der Waals surface area contributed by atoms with Crippen LogP contribution in [-0.4, -0.2) is 17.5 Å². The number of benzene rings is 1. The summed E-state index contributed by atoms with van der Waals surface area (Å²) in [4.78, 5) is 27.7. The second kappa shape index (κ2) is 4.37. The summed E-state index contributed by atoms with van der Waals surface area (Å²) in [5.41, 5.74) is 1.72. The van der Waals surface area contributed by atoms with E-state index >= 15 is 0 Å². The molecule has 4 nitrogen and oxygen atoms in total. The Labute approximate surface area is 105 Å². The number of carbonyl (C=O) groups excluding carboxylic acids is 2. The average molecular weight is 242 g/mol. The fourth-order valence-corrected chi connectivity index (χ4v) is 2.76. The van der Waals surface area contributed by atoms with Crippen LogP contribution >= 0.6 is 0 Å². The van der Waals surface area contributed by atoms with E-state index in [1.165, 1.54) is 0 Å². The maximum Gasteiger partial charge on any atom is 0.341 e. The highest BCUT2D eigenvalue weighted by molar-refractivity contribution is 6.12. The molecule has 0 saturated heterocycles. The molecule has 2 unspecified atom stereocenters. The van der Waals surface area contributed by atoms with Crippen molar-refractivity contribution in [1.29, 1.82) is 0 Å². The number of amides is 2. The summed E-state index contributed by atoms with van der Waals surface area (Å²) in [5, 5.41) is 2.82. The highest BCUT2D eigenvalue weighted by Crippen LogP contribution is 2.33. The molecule has 18 heavy (non-hydrogen) atoms. The Balaban J connectivity index is 2.02. The SMILES string of the molecule is O=C1N=C2CCCC(=O)C2C(c2ccccc2)N1. The monoisotopic (exact) mass is 242 g/mol. The number of nitrogens with one attached hydrogen (secondary N) is 1. The Morgan fingerprint density at radius 2 is 1.89 bits per heavy atom. The van der Waals surface area contributed by atoms with Crippen LogP contribution in [0.1, 0.15) is 30.9 Å². The number of Topliss-reactive ketones (excluding diaryl/α,β-unsaturated/α-hetero) is 1. The molecule has 2 amide bonds. The molecule has 1 aliphatic heterocycles. The van der Waals surface area contributed by atoms with Crippen LogP contribution in [0.5, 0.6) is 0 Å². The second-order valence-electron chi connectivity index (χ2n) is 4.74. The zero-order chi connectivity index (χ0) is 12.5. The third-order valence-electron chi connectivity index (χ3n) is 3.58. The summed E-state index contributed by atoms with van der Waals surface area (Å²) >= 11 is 0. The molecular weight excluding hydrogens is 228 g/mol. The summed E-state index contributed by atoms with van der Waals surface area (Å²) in [7, 11) is 0. The highest BCUT2D eigenvalue weighted by atomic mass is 16.2. The molecule has 1 aromatic rings. The van der Waals surface area contributed by atoms with Gasteiger partial charge in [-0.1, -0.05) is 30.3 Å². The van der Waals surface area contributed by atoms with Gasteiger partial charge in [-0.3, -0.25) is 4.79 Å². The van der Waals surface area contributed by atoms with E-state index in [1.54, 1.807) is 0 Å². The van der Waals surface area contributed by atoms with E-state index in [4.69, 9.17) is 0 Å². The topological polar surface area (TPSA) is 58.5 Å². The van der Waals surface area contributed by atoms with Gasteiger partial charge in [-0.25, -0.2) is 9.79 Å². The van der Waals surface area contributed by atoms with Crippen LogP contribution in [0.3, 0.4) is 0 Å². The summed E-state index contributed by atoms with van der Waals surface area (Å²) in [6, 6.07) is 9.06. The normalized spacial score (nSPS) is 27.2. The zero-order valence-corrected chi connectivity index (χ0v) is 9.93. The van der Waals surface area contributed by atoms with Gasteiger partial charge in [0.1, 0.15) is 5.78 Å². The molecule has 3 rings (SSSR count). The maximum absolute atomic E-state index is 12.1. The molecule has 2 aliphatic rings. The molecule has 0 bridgehead atoms. The summed E-state index contributed by atoms with van der Waals surface area (Å²) in [6.45, 7) is 0. The first kappa shape index (κ1) is 11.1. The van der Waals surface area contributed by atoms with E-state index in [9.17, 15) is 9.59 Å². The summed E-state index contributed by atoms with van der Waals surface area (Å²) in [5.74, 6) is -0.0762. The molecule has 4 heteroatoms. The Morgan fingerprint density at radius 1 is 1.11 bits per heavy atom. The van der Waals surface area contributed by atoms with Crippen LogP contribution < -0.4 is 5.32 Å². The van der Waals surface area contributed by atoms with Gasteiger partial charge in [0, 0.05) is 12.1 Å². The van der Waals surface area contributed by atoms with Gasteiger partial charge < -0.3 is 5.32 Å². The van der Waals surface area contributed by atoms with Crippen LogP contribution in [0.15, 0.2) is 35.3 Å². The predicted molar refractivity (Wildman–Crippen MR) is 67.5 cm³/mol. The standard InChI is InChI=1S/C14H14N2O2/c17-11-8-4-7-10-12(11)13(16-14(18)15-10)9-5-2-1-3-6-9/h1-3,5-6,12-13H,4,7-8H2,(H,16,18). The largest absolute Gasteiger partial charge is 0.341 e. The van der Waals surface area contributed by atoms with Crippen LogP contribution in [0.25, 0.3) is 0 Å². The number of rotatable bonds is 1. The molecule has 1 heterocycles. The van der Waals surface area contributed by atoms with Crippen molar-refractivity contribution in [2.75, 3.05) is 0 Å². The Bertz CT molecular complexity index is 522. The van der Waals surface area contributed by atoms with E-state index in [-0.39, 0.29) is 23.8 Å². The molecule has 1 aliphatic carbocycles. The zero-order valence-electron chi connectivity index (χ0n) is 9.93. The van der Waals surface area contributed by atoms with Crippen molar-refractivity contribution in [1.82, 2.24) is 5.32 Å². The maximum atomic E-state index is 12.1. The summed E-state index contributed by atoms with van der Waals surface area (Å²) < 4.78 is 0. The number of fused-ring (bicyclic) bond motifs is 1. The first-order valence-electron chi connectivity index (χ1n) is 6.21. The smallest absolute Gasteiger partial charge is 0.328 e. The molecule has 0 radical (unpaired) electrons. The van der Waals surface area contributed by atoms with Gasteiger partial charge in [0.15, 0.2) is 0 Å². The van der Waals surface area contributed by atoms with Crippen molar-refractivity contribution in [3.63, 3.8) is 0 Å². The first-order chi connectivity index (χ1) is 8.75. The number of aliphatic imine (C=N–C) groups is 1. The lowest BCUT2D eigenvalue weighted by Crippen LogP contribution is -2.46. The minimum Gasteiger partial charge on any atom is -0.328 e. The minimum absolute atomic E-state index is 0.189. The number of hydrogen-bond donors (Lipinski definition) is 1. The lowest BCUT2D eigenvalue weighted by atomic mass is 9.78. The molecule has 2 atom stereocenters. The van der Waals surface area contributed by atoms with Gasteiger partial charge in [0.25, 0.3) is 0 Å². The lowest BCUT2D eigenvalue weighted by Gasteiger charge is -2.34. The Hall–Kier alpha value is -1.97. The number of nitrogens with zero attached hydrogens (tertiary/aromatic N) is 1. The van der Waals surface area contributed by atoms with E-state index in [1.807, 2.05) is 30.3 Å². The summed E-state index contributed by atoms with van der Waals surface area (Å²) in [6.07, 6.45) is 2.15. The second-order valence-corrected chi connectivity index (χ2v) is 4.74. The number of hydrogen-bond acceptors (Lipinski definition) is 2. The van der Waals surface area contributed by atoms with E-state index < -0.39 is 0 Å². The Kier molecular flexibility index (Phi) is 2.70. The van der Waals surface area contributed by atoms with E-state index in [2.05, 4.69) is 10.3 Å². The number of urea groups is 1. The highest BCUT2D eigenvalue weighted by Gasteiger charge is 2.39. The fraction of sp³-hybridized carbons (Fsp3) is 0.357. The van der Waals surface area contributed by atoms with Gasteiger partial charge in [0.2, 0.25) is 0 Å². The van der Waals surface area contributed by atoms with Crippen molar-refractivity contribution < 1.29 is 9.59 Å². The molecule has 1 saturated carbocycles. The first-order valence-corrected chi connectivity index (χ1v) is 6.21. The van der Waals surface area contributed by atoms with Crippen LogP contribution in [0, 0.1) is 5.92 Å². The van der Waals surface area contributed by atoms with Crippen molar-refractivity contribution in [3.05, 3.63) is 35.9 Å². The van der Waals surface area contributed by atoms with Gasteiger partial charge in [-0.05, 0) is 18.4 Å². The van der Waals surface area contributed by atoms with Gasteiger partial charge in [-0.15, -0.1) is 0 Å². The van der Waals surface area contributed by atoms with Crippen molar-refractivity contribution in [2.24, 2.45) is 10.9 Å². The number of ketones is 1. The molecular formula is C14H14N2O2. The van der Waals surface area contributed by atoms with Gasteiger partial charge >= 0.3 is 6.03 Å². The molecule has 0 spiro atoms. The lowest BCUT2D eigenvalue weighted by molar-refractivity contribution is -0.122. The number of carbonyl (C=O) groups is 2.